The van der Waals surface area contributed by atoms with Gasteiger partial charge in [-0.1, -0.05) is 11.6 Å². The Balaban J connectivity index is 3.17. The number of halogens is 3. The molecule has 62 valence electrons. The average molecular weight is 189 g/mol. The van der Waals surface area contributed by atoms with Gasteiger partial charge in [-0.05, 0) is 12.1 Å². The highest BCUT2D eigenvalue weighted by molar-refractivity contribution is 6.30. The molecule has 0 aromatic carbocycles. The number of hydrogen-bond acceptors (Lipinski definition) is 2. The summed E-state index contributed by atoms with van der Waals surface area (Å²) < 4.78 is 24.1. The van der Waals surface area contributed by atoms with Crippen LogP contribution >= 0.6 is 11.6 Å². The van der Waals surface area contributed by atoms with Crippen molar-refractivity contribution in [2.75, 3.05) is 0 Å². The number of hydrogen-bond donors (Lipinski definition) is 0. The zero-order valence-electron chi connectivity index (χ0n) is 5.76. The quantitative estimate of drug-likeness (QED) is 0.679. The van der Waals surface area contributed by atoms with Crippen LogP contribution < -0.4 is 0 Å². The minimum atomic E-state index is -2.70. The van der Waals surface area contributed by atoms with Gasteiger partial charge in [0, 0.05) is 5.02 Å². The van der Waals surface area contributed by atoms with E-state index in [1.54, 1.807) is 6.07 Å². The zero-order valence-corrected chi connectivity index (χ0v) is 6.52. The van der Waals surface area contributed by atoms with Gasteiger partial charge in [0.15, 0.2) is 0 Å². The van der Waals surface area contributed by atoms with E-state index in [1.807, 2.05) is 0 Å². The summed E-state index contributed by atoms with van der Waals surface area (Å²) >= 11 is 5.45. The molecule has 0 bridgehead atoms. The zero-order chi connectivity index (χ0) is 9.14. The normalized spacial score (nSPS) is 9.92. The van der Waals surface area contributed by atoms with Crippen molar-refractivity contribution in [2.45, 2.75) is 6.43 Å². The highest BCUT2D eigenvalue weighted by atomic mass is 35.5. The Morgan fingerprint density at radius 3 is 2.67 bits per heavy atom. The minimum absolute atomic E-state index is 0.0943. The molecular formula is C7H3ClF2N2. The summed E-state index contributed by atoms with van der Waals surface area (Å²) in [6, 6.07) is 3.90. The van der Waals surface area contributed by atoms with Gasteiger partial charge in [-0.2, -0.15) is 5.26 Å². The topological polar surface area (TPSA) is 36.7 Å². The molecule has 1 rings (SSSR count). The van der Waals surface area contributed by atoms with Gasteiger partial charge in [0.2, 0.25) is 0 Å². The fourth-order valence-corrected chi connectivity index (χ4v) is 0.901. The Kier molecular flexibility index (Phi) is 2.56. The van der Waals surface area contributed by atoms with Crippen LogP contribution in [0.4, 0.5) is 8.78 Å². The number of pyridine rings is 1. The maximum absolute atomic E-state index is 12.0. The number of rotatable bonds is 1. The van der Waals surface area contributed by atoms with Crippen LogP contribution in [0.15, 0.2) is 12.1 Å². The fraction of sp³-hybridized carbons (Fsp3) is 0.143. The molecule has 0 saturated carbocycles. The molecule has 1 aromatic rings. The first kappa shape index (κ1) is 8.88. The van der Waals surface area contributed by atoms with Crippen molar-refractivity contribution in [1.29, 1.82) is 5.26 Å². The van der Waals surface area contributed by atoms with Crippen LogP contribution in [-0.2, 0) is 0 Å². The Labute approximate surface area is 72.4 Å². The molecule has 0 aliphatic rings. The molecule has 1 heterocycles. The van der Waals surface area contributed by atoms with Crippen LogP contribution in [0.2, 0.25) is 5.02 Å². The summed E-state index contributed by atoms with van der Waals surface area (Å²) in [6.07, 6.45) is -2.70. The molecule has 0 radical (unpaired) electrons. The predicted molar refractivity (Wildman–Crippen MR) is 38.9 cm³/mol. The van der Waals surface area contributed by atoms with Crippen molar-refractivity contribution in [3.63, 3.8) is 0 Å². The molecule has 12 heavy (non-hydrogen) atoms. The van der Waals surface area contributed by atoms with Crippen molar-refractivity contribution >= 4 is 11.6 Å². The molecular weight excluding hydrogens is 186 g/mol. The van der Waals surface area contributed by atoms with Gasteiger partial charge >= 0.3 is 0 Å². The van der Waals surface area contributed by atoms with Gasteiger partial charge in [0.05, 0.1) is 0 Å². The lowest BCUT2D eigenvalue weighted by atomic mass is 10.3. The highest BCUT2D eigenvalue weighted by Gasteiger charge is 2.10. The largest absolute Gasteiger partial charge is 0.280 e. The van der Waals surface area contributed by atoms with Gasteiger partial charge in [0.1, 0.15) is 17.5 Å². The lowest BCUT2D eigenvalue weighted by Gasteiger charge is -1.98. The molecule has 0 fully saturated rings. The molecule has 1 aromatic heterocycles. The van der Waals surface area contributed by atoms with E-state index < -0.39 is 12.1 Å². The number of aromatic nitrogens is 1. The fourth-order valence-electron chi connectivity index (χ4n) is 0.686. The van der Waals surface area contributed by atoms with Crippen molar-refractivity contribution in [3.8, 4) is 6.07 Å². The van der Waals surface area contributed by atoms with Gasteiger partial charge in [-0.3, -0.25) is 0 Å². The van der Waals surface area contributed by atoms with E-state index >= 15 is 0 Å². The van der Waals surface area contributed by atoms with Crippen molar-refractivity contribution < 1.29 is 8.78 Å². The lowest BCUT2D eigenvalue weighted by molar-refractivity contribution is 0.146. The lowest BCUT2D eigenvalue weighted by Crippen LogP contribution is -1.92. The predicted octanol–water partition coefficient (Wildman–Crippen LogP) is 2.54. The van der Waals surface area contributed by atoms with E-state index in [2.05, 4.69) is 4.98 Å². The molecule has 5 heteroatoms. The third-order valence-electron chi connectivity index (χ3n) is 1.15. The van der Waals surface area contributed by atoms with Crippen molar-refractivity contribution in [1.82, 2.24) is 4.98 Å². The summed E-state index contributed by atoms with van der Waals surface area (Å²) in [5.74, 6) is 0. The molecule has 0 saturated heterocycles. The highest BCUT2D eigenvalue weighted by Crippen LogP contribution is 2.20. The Morgan fingerprint density at radius 2 is 2.17 bits per heavy atom. The minimum Gasteiger partial charge on any atom is -0.236 e. The van der Waals surface area contributed by atoms with Crippen LogP contribution in [0, 0.1) is 11.3 Å². The molecule has 0 aliphatic heterocycles. The van der Waals surface area contributed by atoms with Crippen LogP contribution in [0.5, 0.6) is 0 Å². The molecule has 0 N–H and O–H groups in total. The van der Waals surface area contributed by atoms with E-state index in [0.717, 1.165) is 6.07 Å². The molecule has 0 amide bonds. The summed E-state index contributed by atoms with van der Waals surface area (Å²) in [4.78, 5) is 3.36. The first-order valence-electron chi connectivity index (χ1n) is 2.99. The van der Waals surface area contributed by atoms with Crippen LogP contribution in [0.25, 0.3) is 0 Å². The summed E-state index contributed by atoms with van der Waals surface area (Å²) in [6.45, 7) is 0. The Hall–Kier alpha value is -1.21. The average Bonchev–Trinajstić information content (AvgIpc) is 2.03. The SMILES string of the molecule is N#Cc1cc(Cl)cc(C(F)F)n1. The number of nitriles is 1. The number of alkyl halides is 2. The third kappa shape index (κ3) is 1.89. The molecule has 0 spiro atoms. The van der Waals surface area contributed by atoms with Gasteiger partial charge in [0.25, 0.3) is 6.43 Å². The second-order valence-electron chi connectivity index (χ2n) is 2.01. The van der Waals surface area contributed by atoms with Crippen molar-refractivity contribution in [3.05, 3.63) is 28.5 Å². The van der Waals surface area contributed by atoms with Crippen molar-refractivity contribution in [2.24, 2.45) is 0 Å². The second-order valence-corrected chi connectivity index (χ2v) is 2.44. The van der Waals surface area contributed by atoms with E-state index in [-0.39, 0.29) is 10.7 Å². The van der Waals surface area contributed by atoms with Crippen LogP contribution in [0.3, 0.4) is 0 Å². The maximum atomic E-state index is 12.0. The van der Waals surface area contributed by atoms with Gasteiger partial charge in [-0.25, -0.2) is 13.8 Å². The first-order chi connectivity index (χ1) is 5.63. The second kappa shape index (κ2) is 3.46. The molecule has 0 unspecified atom stereocenters. The Morgan fingerprint density at radius 1 is 1.50 bits per heavy atom. The maximum Gasteiger partial charge on any atom is 0.280 e. The van der Waals surface area contributed by atoms with E-state index in [1.165, 1.54) is 6.07 Å². The van der Waals surface area contributed by atoms with E-state index in [4.69, 9.17) is 16.9 Å². The molecule has 0 aliphatic carbocycles. The summed E-state index contributed by atoms with van der Waals surface area (Å²) in [7, 11) is 0. The third-order valence-corrected chi connectivity index (χ3v) is 1.37. The molecule has 2 nitrogen and oxygen atoms in total. The van der Waals surface area contributed by atoms with Gasteiger partial charge in [-0.15, -0.1) is 0 Å². The number of nitrogens with zero attached hydrogens (tertiary/aromatic N) is 2. The molecule has 0 atom stereocenters. The van der Waals surface area contributed by atoms with E-state index in [9.17, 15) is 8.78 Å². The van der Waals surface area contributed by atoms with Crippen LogP contribution in [0.1, 0.15) is 17.8 Å². The first-order valence-corrected chi connectivity index (χ1v) is 3.37. The summed E-state index contributed by atoms with van der Waals surface area (Å²) in [5, 5.41) is 8.45. The van der Waals surface area contributed by atoms with E-state index in [0.29, 0.717) is 0 Å². The van der Waals surface area contributed by atoms with Gasteiger partial charge < -0.3 is 0 Å². The Bertz CT molecular complexity index is 333. The van der Waals surface area contributed by atoms with Crippen LogP contribution in [-0.4, -0.2) is 4.98 Å². The smallest absolute Gasteiger partial charge is 0.236 e. The standard InChI is InChI=1S/C7H3ClF2N2/c8-4-1-5(3-11)12-6(2-4)7(9)10/h1-2,7H. The monoisotopic (exact) mass is 188 g/mol. The summed E-state index contributed by atoms with van der Waals surface area (Å²) in [5.41, 5.74) is -0.572.